The molecule has 1 atom stereocenters. The number of rotatable bonds is 5. The molecule has 0 aliphatic rings. The second-order valence-electron chi connectivity index (χ2n) is 4.85. The fourth-order valence-corrected chi connectivity index (χ4v) is 1.52. The van der Waals surface area contributed by atoms with Crippen LogP contribution in [-0.4, -0.2) is 17.2 Å². The lowest BCUT2D eigenvalue weighted by atomic mass is 10.1. The van der Waals surface area contributed by atoms with Gasteiger partial charge in [0.1, 0.15) is 0 Å². The van der Waals surface area contributed by atoms with E-state index in [1.165, 1.54) is 6.07 Å². The van der Waals surface area contributed by atoms with Gasteiger partial charge in [-0.2, -0.15) is 0 Å². The molecule has 0 bridgehead atoms. The number of hydrogen-bond donors (Lipinski definition) is 1. The van der Waals surface area contributed by atoms with E-state index in [9.17, 15) is 14.3 Å². The van der Waals surface area contributed by atoms with Gasteiger partial charge in [-0.3, -0.25) is 0 Å². The first-order valence-electron chi connectivity index (χ1n) is 6.09. The van der Waals surface area contributed by atoms with E-state index in [4.69, 9.17) is 4.74 Å². The van der Waals surface area contributed by atoms with Gasteiger partial charge in [-0.05, 0) is 43.9 Å². The maximum atomic E-state index is 12.8. The van der Waals surface area contributed by atoms with Gasteiger partial charge in [-0.1, -0.05) is 13.8 Å². The van der Waals surface area contributed by atoms with Crippen molar-refractivity contribution in [2.75, 3.05) is 0 Å². The van der Waals surface area contributed by atoms with Crippen molar-refractivity contribution in [3.05, 3.63) is 29.6 Å². The number of phenolic OH excluding ortho intramolecular Hbond substituents is 1. The summed E-state index contributed by atoms with van der Waals surface area (Å²) >= 11 is 0. The predicted molar refractivity (Wildman–Crippen MR) is 67.0 cm³/mol. The van der Waals surface area contributed by atoms with Crippen molar-refractivity contribution in [1.29, 1.82) is 0 Å². The van der Waals surface area contributed by atoms with Gasteiger partial charge in [-0.25, -0.2) is 9.18 Å². The van der Waals surface area contributed by atoms with Crippen molar-refractivity contribution < 1.29 is 19.0 Å². The summed E-state index contributed by atoms with van der Waals surface area (Å²) in [6, 6.07) is 3.42. The topological polar surface area (TPSA) is 46.5 Å². The minimum absolute atomic E-state index is 0.158. The highest BCUT2D eigenvalue weighted by molar-refractivity contribution is 5.89. The smallest absolute Gasteiger partial charge is 0.338 e. The summed E-state index contributed by atoms with van der Waals surface area (Å²) in [6.45, 7) is 6.03. The lowest BCUT2D eigenvalue weighted by molar-refractivity contribution is 0.0313. The van der Waals surface area contributed by atoms with Crippen LogP contribution in [0.25, 0.3) is 0 Å². The Morgan fingerprint density at radius 3 is 2.56 bits per heavy atom. The summed E-state index contributed by atoms with van der Waals surface area (Å²) < 4.78 is 18.0. The molecular formula is C14H19FO3. The quantitative estimate of drug-likeness (QED) is 0.818. The first kappa shape index (κ1) is 14.5. The molecule has 3 nitrogen and oxygen atoms in total. The van der Waals surface area contributed by atoms with Crippen LogP contribution in [0.5, 0.6) is 5.75 Å². The normalized spacial score (nSPS) is 12.5. The molecule has 0 aliphatic heterocycles. The summed E-state index contributed by atoms with van der Waals surface area (Å²) in [4.78, 5) is 11.7. The number of ether oxygens (including phenoxy) is 1. The number of esters is 1. The molecule has 0 amide bonds. The minimum atomic E-state index is -0.751. The molecule has 100 valence electrons. The Kier molecular flexibility index (Phi) is 5.13. The zero-order valence-electron chi connectivity index (χ0n) is 10.9. The third-order valence-corrected chi connectivity index (χ3v) is 2.64. The zero-order chi connectivity index (χ0) is 13.7. The molecule has 1 aromatic rings. The highest BCUT2D eigenvalue weighted by atomic mass is 19.1. The largest absolute Gasteiger partial charge is 0.505 e. The third kappa shape index (κ3) is 4.35. The lowest BCUT2D eigenvalue weighted by Gasteiger charge is -2.14. The maximum absolute atomic E-state index is 12.8. The molecule has 0 spiro atoms. The van der Waals surface area contributed by atoms with Crippen molar-refractivity contribution >= 4 is 5.97 Å². The molecule has 0 aromatic heterocycles. The van der Waals surface area contributed by atoms with Crippen LogP contribution in [0.15, 0.2) is 18.2 Å². The first-order chi connectivity index (χ1) is 8.40. The van der Waals surface area contributed by atoms with E-state index in [1.807, 2.05) is 6.92 Å². The summed E-state index contributed by atoms with van der Waals surface area (Å²) in [5, 5.41) is 9.18. The van der Waals surface area contributed by atoms with Crippen LogP contribution in [0.3, 0.4) is 0 Å². The fraction of sp³-hybridized carbons (Fsp3) is 0.500. The number of aromatic hydroxyl groups is 1. The van der Waals surface area contributed by atoms with Gasteiger partial charge in [0.15, 0.2) is 11.6 Å². The van der Waals surface area contributed by atoms with Crippen LogP contribution in [0, 0.1) is 11.7 Å². The molecule has 1 unspecified atom stereocenters. The van der Waals surface area contributed by atoms with E-state index in [0.717, 1.165) is 25.0 Å². The standard InChI is InChI=1S/C14H19FO3/c1-9(2)4-5-10(3)18-14(17)11-6-7-12(15)13(16)8-11/h6-10,16H,4-5H2,1-3H3. The Hall–Kier alpha value is -1.58. The van der Waals surface area contributed by atoms with E-state index >= 15 is 0 Å². The van der Waals surface area contributed by atoms with Crippen molar-refractivity contribution in [3.8, 4) is 5.75 Å². The molecular weight excluding hydrogens is 235 g/mol. The van der Waals surface area contributed by atoms with Crippen LogP contribution in [-0.2, 0) is 4.74 Å². The Bertz CT molecular complexity index is 416. The number of benzene rings is 1. The number of phenols is 1. The Morgan fingerprint density at radius 2 is 2.00 bits per heavy atom. The molecule has 0 saturated carbocycles. The number of hydrogen-bond acceptors (Lipinski definition) is 3. The molecule has 1 N–H and O–H groups in total. The first-order valence-corrected chi connectivity index (χ1v) is 6.09. The average molecular weight is 254 g/mol. The molecule has 4 heteroatoms. The van der Waals surface area contributed by atoms with Gasteiger partial charge in [0.05, 0.1) is 11.7 Å². The van der Waals surface area contributed by atoms with Crippen LogP contribution >= 0.6 is 0 Å². The van der Waals surface area contributed by atoms with Gasteiger partial charge < -0.3 is 9.84 Å². The average Bonchev–Trinajstić information content (AvgIpc) is 2.30. The maximum Gasteiger partial charge on any atom is 0.338 e. The molecule has 0 aliphatic carbocycles. The molecule has 0 fully saturated rings. The Balaban J connectivity index is 2.56. The van der Waals surface area contributed by atoms with Crippen molar-refractivity contribution in [2.45, 2.75) is 39.7 Å². The molecule has 1 rings (SSSR count). The third-order valence-electron chi connectivity index (χ3n) is 2.64. The second-order valence-corrected chi connectivity index (χ2v) is 4.85. The molecule has 1 aromatic carbocycles. The van der Waals surface area contributed by atoms with E-state index in [0.29, 0.717) is 5.92 Å². The minimum Gasteiger partial charge on any atom is -0.505 e. The van der Waals surface area contributed by atoms with E-state index in [-0.39, 0.29) is 11.7 Å². The van der Waals surface area contributed by atoms with Gasteiger partial charge in [0.2, 0.25) is 0 Å². The molecule has 18 heavy (non-hydrogen) atoms. The number of carbonyl (C=O) groups is 1. The van der Waals surface area contributed by atoms with Gasteiger partial charge in [0, 0.05) is 0 Å². The van der Waals surface area contributed by atoms with Crippen LogP contribution < -0.4 is 0 Å². The van der Waals surface area contributed by atoms with Crippen molar-refractivity contribution in [1.82, 2.24) is 0 Å². The number of halogens is 1. The van der Waals surface area contributed by atoms with E-state index in [2.05, 4.69) is 13.8 Å². The van der Waals surface area contributed by atoms with E-state index < -0.39 is 17.5 Å². The van der Waals surface area contributed by atoms with Gasteiger partial charge in [0.25, 0.3) is 0 Å². The van der Waals surface area contributed by atoms with Gasteiger partial charge in [-0.15, -0.1) is 0 Å². The summed E-state index contributed by atoms with van der Waals surface area (Å²) in [7, 11) is 0. The van der Waals surface area contributed by atoms with Crippen molar-refractivity contribution in [2.24, 2.45) is 5.92 Å². The number of carbonyl (C=O) groups excluding carboxylic acids is 1. The van der Waals surface area contributed by atoms with E-state index in [1.54, 1.807) is 0 Å². The fourth-order valence-electron chi connectivity index (χ4n) is 1.52. The van der Waals surface area contributed by atoms with Crippen LogP contribution in [0.2, 0.25) is 0 Å². The molecule has 0 heterocycles. The highest BCUT2D eigenvalue weighted by Crippen LogP contribution is 2.18. The molecule has 0 radical (unpaired) electrons. The Labute approximate surface area is 107 Å². The highest BCUT2D eigenvalue weighted by Gasteiger charge is 2.14. The monoisotopic (exact) mass is 254 g/mol. The van der Waals surface area contributed by atoms with Crippen LogP contribution in [0.1, 0.15) is 44.0 Å². The van der Waals surface area contributed by atoms with Crippen LogP contribution in [0.4, 0.5) is 4.39 Å². The summed E-state index contributed by atoms with van der Waals surface area (Å²) in [5.74, 6) is -1.28. The predicted octanol–water partition coefficient (Wildman–Crippen LogP) is 3.51. The lowest BCUT2D eigenvalue weighted by Crippen LogP contribution is -2.15. The summed E-state index contributed by atoms with van der Waals surface area (Å²) in [5.41, 5.74) is 0.158. The SMILES string of the molecule is CC(C)CCC(C)OC(=O)c1ccc(F)c(O)c1. The Morgan fingerprint density at radius 1 is 1.33 bits per heavy atom. The zero-order valence-corrected chi connectivity index (χ0v) is 10.9. The molecule has 0 saturated heterocycles. The van der Waals surface area contributed by atoms with Crippen molar-refractivity contribution in [3.63, 3.8) is 0 Å². The second kappa shape index (κ2) is 6.38. The van der Waals surface area contributed by atoms with Gasteiger partial charge >= 0.3 is 5.97 Å². The summed E-state index contributed by atoms with van der Waals surface area (Å²) in [6.07, 6.45) is 1.58.